The molecule has 4 heteroatoms. The molecule has 1 N–H and O–H groups in total. The van der Waals surface area contributed by atoms with E-state index in [9.17, 15) is 14.7 Å². The lowest BCUT2D eigenvalue weighted by Gasteiger charge is -2.12. The lowest BCUT2D eigenvalue weighted by Crippen LogP contribution is -2.12. The van der Waals surface area contributed by atoms with E-state index < -0.39 is 5.63 Å². The maximum Gasteiger partial charge on any atom is 0.342 e. The van der Waals surface area contributed by atoms with Crippen molar-refractivity contribution in [2.75, 3.05) is 0 Å². The summed E-state index contributed by atoms with van der Waals surface area (Å²) < 4.78 is 5.45. The number of hydrogen-bond donors (Lipinski definition) is 1. The first-order valence-electron chi connectivity index (χ1n) is 13.5. The summed E-state index contributed by atoms with van der Waals surface area (Å²) in [6.07, 6.45) is 13.5. The van der Waals surface area contributed by atoms with Crippen molar-refractivity contribution in [2.45, 2.75) is 95.4 Å². The Bertz CT molecular complexity index is 1170. The van der Waals surface area contributed by atoms with Gasteiger partial charge in [0.25, 0.3) is 0 Å². The second kappa shape index (κ2) is 14.8. The van der Waals surface area contributed by atoms with E-state index in [-0.39, 0.29) is 34.8 Å². The first kappa shape index (κ1) is 32.1. The predicted molar refractivity (Wildman–Crippen MR) is 157 cm³/mol. The van der Waals surface area contributed by atoms with Crippen molar-refractivity contribution in [3.63, 3.8) is 0 Å². The highest BCUT2D eigenvalue weighted by atomic mass is 16.4. The van der Waals surface area contributed by atoms with Crippen molar-refractivity contribution in [2.24, 2.45) is 17.8 Å². The van der Waals surface area contributed by atoms with Crippen LogP contribution >= 0.6 is 0 Å². The Morgan fingerprint density at radius 1 is 0.919 bits per heavy atom. The molecule has 0 fully saturated rings. The minimum atomic E-state index is -0.503. The summed E-state index contributed by atoms with van der Waals surface area (Å²) in [5.41, 5.74) is 5.61. The predicted octanol–water partition coefficient (Wildman–Crippen LogP) is 8.82. The molecule has 0 saturated carbocycles. The van der Waals surface area contributed by atoms with Gasteiger partial charge < -0.3 is 9.52 Å². The number of hydrogen-bond acceptors (Lipinski definition) is 4. The van der Waals surface area contributed by atoms with Gasteiger partial charge in [-0.2, -0.15) is 0 Å². The minimum Gasteiger partial charge on any atom is -0.507 e. The molecule has 3 atom stereocenters. The van der Waals surface area contributed by atoms with Crippen molar-refractivity contribution in [3.05, 3.63) is 80.0 Å². The van der Waals surface area contributed by atoms with Gasteiger partial charge in [-0.3, -0.25) is 4.79 Å². The zero-order chi connectivity index (χ0) is 28.4. The summed E-state index contributed by atoms with van der Waals surface area (Å²) in [6.45, 7) is 21.8. The number of carbonyl (C=O) groups is 1. The van der Waals surface area contributed by atoms with E-state index in [4.69, 9.17) is 4.42 Å². The molecule has 0 aromatic carbocycles. The van der Waals surface area contributed by atoms with E-state index in [2.05, 4.69) is 71.9 Å². The molecule has 0 radical (unpaired) electrons. The van der Waals surface area contributed by atoms with Crippen LogP contribution in [0.25, 0.3) is 5.57 Å². The number of rotatable bonds is 12. The van der Waals surface area contributed by atoms with Gasteiger partial charge in [0, 0.05) is 11.5 Å². The molecule has 204 valence electrons. The maximum absolute atomic E-state index is 12.5. The molecule has 3 unspecified atom stereocenters. The fourth-order valence-electron chi connectivity index (χ4n) is 4.97. The van der Waals surface area contributed by atoms with Crippen LogP contribution in [0.1, 0.15) is 98.5 Å². The van der Waals surface area contributed by atoms with Crippen molar-refractivity contribution in [1.82, 2.24) is 0 Å². The second-order valence-corrected chi connectivity index (χ2v) is 10.9. The van der Waals surface area contributed by atoms with Crippen LogP contribution in [0.15, 0.2) is 61.9 Å². The van der Waals surface area contributed by atoms with Gasteiger partial charge in [-0.25, -0.2) is 4.79 Å². The van der Waals surface area contributed by atoms with Gasteiger partial charge in [-0.05, 0) is 84.3 Å². The smallest absolute Gasteiger partial charge is 0.342 e. The first-order valence-corrected chi connectivity index (χ1v) is 13.5. The average Bonchev–Trinajstić information content (AvgIpc) is 2.78. The minimum absolute atomic E-state index is 0.00420. The van der Waals surface area contributed by atoms with E-state index in [1.54, 1.807) is 13.8 Å². The Hall–Kier alpha value is -2.88. The van der Waals surface area contributed by atoms with E-state index in [0.717, 1.165) is 30.4 Å². The second-order valence-electron chi connectivity index (χ2n) is 10.9. The zero-order valence-corrected chi connectivity index (χ0v) is 24.9. The van der Waals surface area contributed by atoms with Crippen LogP contribution in [-0.2, 0) is 4.79 Å². The molecule has 0 aliphatic heterocycles. The van der Waals surface area contributed by atoms with Crippen molar-refractivity contribution in [1.29, 1.82) is 0 Å². The highest BCUT2D eigenvalue weighted by Crippen LogP contribution is 2.28. The lowest BCUT2D eigenvalue weighted by atomic mass is 9.93. The van der Waals surface area contributed by atoms with Crippen molar-refractivity contribution >= 4 is 11.4 Å². The van der Waals surface area contributed by atoms with Gasteiger partial charge in [0.05, 0.1) is 5.56 Å². The Morgan fingerprint density at radius 3 is 2.14 bits per heavy atom. The molecular formula is C33H48O4. The Labute approximate surface area is 224 Å². The monoisotopic (exact) mass is 508 g/mol. The quantitative estimate of drug-likeness (QED) is 0.226. The first-order chi connectivity index (χ1) is 17.2. The topological polar surface area (TPSA) is 67.5 Å². The number of carbonyl (C=O) groups excluding carboxylic acids is 1. The lowest BCUT2D eigenvalue weighted by molar-refractivity contribution is -0.118. The summed E-state index contributed by atoms with van der Waals surface area (Å²) in [4.78, 5) is 24.5. The highest BCUT2D eigenvalue weighted by molar-refractivity contribution is 5.96. The van der Waals surface area contributed by atoms with Gasteiger partial charge in [-0.1, -0.05) is 81.2 Å². The molecular weight excluding hydrogens is 460 g/mol. The molecule has 0 saturated heterocycles. The van der Waals surface area contributed by atoms with Gasteiger partial charge in [0.1, 0.15) is 11.5 Å². The molecule has 1 heterocycles. The molecule has 1 aromatic rings. The normalized spacial score (nSPS) is 16.6. The van der Waals surface area contributed by atoms with Crippen LogP contribution in [0.4, 0.5) is 0 Å². The van der Waals surface area contributed by atoms with Gasteiger partial charge in [0.15, 0.2) is 5.78 Å². The fraction of sp³-hybridized carbons (Fsp3) is 0.515. The summed E-state index contributed by atoms with van der Waals surface area (Å²) in [6, 6.07) is 0. The van der Waals surface area contributed by atoms with Crippen LogP contribution in [0.5, 0.6) is 5.75 Å². The Morgan fingerprint density at radius 2 is 1.54 bits per heavy atom. The molecule has 1 aromatic heterocycles. The fourth-order valence-corrected chi connectivity index (χ4v) is 4.97. The number of Topliss-reactive ketones (excluding diaryl/α,β-unsaturated/α-hetero) is 1. The van der Waals surface area contributed by atoms with E-state index in [1.807, 2.05) is 20.8 Å². The summed E-state index contributed by atoms with van der Waals surface area (Å²) in [5, 5.41) is 10.2. The summed E-state index contributed by atoms with van der Waals surface area (Å²) in [7, 11) is 0. The van der Waals surface area contributed by atoms with E-state index in [1.165, 1.54) is 16.7 Å². The van der Waals surface area contributed by atoms with Crippen LogP contribution in [-0.4, -0.2) is 10.9 Å². The van der Waals surface area contributed by atoms with E-state index >= 15 is 0 Å². The maximum atomic E-state index is 12.5. The molecule has 0 aliphatic carbocycles. The molecule has 1 rings (SSSR count). The van der Waals surface area contributed by atoms with Crippen LogP contribution in [0.3, 0.4) is 0 Å². The van der Waals surface area contributed by atoms with Crippen LogP contribution < -0.4 is 5.63 Å². The number of aromatic hydroxyl groups is 1. The highest BCUT2D eigenvalue weighted by Gasteiger charge is 2.15. The summed E-state index contributed by atoms with van der Waals surface area (Å²) in [5.74, 6) is 1.20. The van der Waals surface area contributed by atoms with E-state index in [0.29, 0.717) is 11.3 Å². The largest absolute Gasteiger partial charge is 0.507 e. The third-order valence-electron chi connectivity index (χ3n) is 6.61. The standard InChI is InChI=1S/C33H48O4/c1-12-13-25(7)30(34)26(8)18-23(5)16-21(3)14-20(2)15-22(4)17-24(6)19-27(9)32-28(10)31(35)29(11)33(36)37-32/h14-16,18-19,23-25,35H,12-13,17H2,1-11H3/b20-14+,21-16+,22-15+,26-18+,27-19+. The van der Waals surface area contributed by atoms with Crippen LogP contribution in [0, 0.1) is 31.6 Å². The molecule has 0 amide bonds. The SMILES string of the molecule is CCCC(C)C(=O)/C(C)=C/C(C)/C=C(C)/C=C(C)/C=C(\C)CC(C)/C=C(\C)c1oc(=O)c(C)c(O)c1C. The van der Waals surface area contributed by atoms with Crippen LogP contribution in [0.2, 0.25) is 0 Å². The Balaban J connectivity index is 2.92. The molecule has 0 spiro atoms. The summed E-state index contributed by atoms with van der Waals surface area (Å²) >= 11 is 0. The molecule has 0 bridgehead atoms. The number of ketones is 1. The third-order valence-corrected chi connectivity index (χ3v) is 6.61. The van der Waals surface area contributed by atoms with Gasteiger partial charge >= 0.3 is 5.63 Å². The molecule has 0 aliphatic rings. The molecule has 4 nitrogen and oxygen atoms in total. The average molecular weight is 509 g/mol. The van der Waals surface area contributed by atoms with Gasteiger partial charge in [0.2, 0.25) is 0 Å². The van der Waals surface area contributed by atoms with Crippen molar-refractivity contribution in [3.8, 4) is 5.75 Å². The van der Waals surface area contributed by atoms with Gasteiger partial charge in [-0.15, -0.1) is 0 Å². The zero-order valence-electron chi connectivity index (χ0n) is 24.9. The Kier molecular flexibility index (Phi) is 12.8. The number of allylic oxidation sites excluding steroid dienone is 10. The third kappa shape index (κ3) is 10.2. The molecule has 37 heavy (non-hydrogen) atoms. The van der Waals surface area contributed by atoms with Crippen molar-refractivity contribution < 1.29 is 14.3 Å².